The van der Waals surface area contributed by atoms with Gasteiger partial charge in [0.05, 0.1) is 14.2 Å². The van der Waals surface area contributed by atoms with Gasteiger partial charge in [0.15, 0.2) is 0 Å². The number of hydrogen-bond acceptors (Lipinski definition) is 6. The van der Waals surface area contributed by atoms with Crippen LogP contribution in [0.5, 0.6) is 11.5 Å². The molecule has 0 saturated carbocycles. The molecule has 0 aliphatic rings. The third-order valence-electron chi connectivity index (χ3n) is 5.02. The Balaban J connectivity index is 1.64. The van der Waals surface area contributed by atoms with E-state index in [2.05, 4.69) is 16.2 Å². The van der Waals surface area contributed by atoms with E-state index in [0.717, 1.165) is 11.1 Å². The van der Waals surface area contributed by atoms with E-state index in [4.69, 9.17) is 14.2 Å². The zero-order valence-electron chi connectivity index (χ0n) is 19.4. The molecule has 0 saturated heterocycles. The van der Waals surface area contributed by atoms with Crippen molar-refractivity contribution in [3.05, 3.63) is 95.6 Å². The van der Waals surface area contributed by atoms with Gasteiger partial charge in [-0.25, -0.2) is 4.79 Å². The van der Waals surface area contributed by atoms with Crippen LogP contribution in [-0.2, 0) is 22.6 Å². The van der Waals surface area contributed by atoms with Crippen LogP contribution in [0.3, 0.4) is 0 Å². The van der Waals surface area contributed by atoms with Crippen LogP contribution >= 0.6 is 0 Å². The lowest BCUT2D eigenvalue weighted by Crippen LogP contribution is -2.53. The molecule has 35 heavy (non-hydrogen) atoms. The second kappa shape index (κ2) is 12.6. The van der Waals surface area contributed by atoms with Crippen LogP contribution in [0, 0.1) is 0 Å². The molecule has 0 aliphatic heterocycles. The van der Waals surface area contributed by atoms with E-state index < -0.39 is 23.9 Å². The topological polar surface area (TPSA) is 115 Å². The first-order valence-corrected chi connectivity index (χ1v) is 10.8. The van der Waals surface area contributed by atoms with Crippen molar-refractivity contribution in [1.29, 1.82) is 0 Å². The van der Waals surface area contributed by atoms with E-state index in [-0.39, 0.29) is 18.6 Å². The van der Waals surface area contributed by atoms with Crippen LogP contribution in [0.1, 0.15) is 21.5 Å². The number of benzene rings is 3. The van der Waals surface area contributed by atoms with Gasteiger partial charge in [-0.1, -0.05) is 60.7 Å². The van der Waals surface area contributed by atoms with Gasteiger partial charge >= 0.3 is 6.09 Å². The Kier molecular flexibility index (Phi) is 9.07. The van der Waals surface area contributed by atoms with Gasteiger partial charge in [0.2, 0.25) is 0 Å². The average Bonchev–Trinajstić information content (AvgIpc) is 2.90. The number of amides is 3. The number of hydrazine groups is 1. The fourth-order valence-corrected chi connectivity index (χ4v) is 3.18. The monoisotopic (exact) mass is 477 g/mol. The SMILES string of the molecule is COc1cc(OC)cc(C(=O)NNC(=O)[C@H](Cc2ccccc2)NC(=O)OCc2ccccc2)c1. The molecule has 0 aromatic heterocycles. The van der Waals surface area contributed by atoms with Crippen molar-refractivity contribution < 1.29 is 28.6 Å². The Morgan fingerprint density at radius 2 is 1.34 bits per heavy atom. The van der Waals surface area contributed by atoms with Crippen LogP contribution in [0.25, 0.3) is 0 Å². The van der Waals surface area contributed by atoms with Crippen LogP contribution < -0.4 is 25.6 Å². The highest BCUT2D eigenvalue weighted by molar-refractivity contribution is 5.97. The minimum Gasteiger partial charge on any atom is -0.497 e. The highest BCUT2D eigenvalue weighted by Crippen LogP contribution is 2.22. The fourth-order valence-electron chi connectivity index (χ4n) is 3.18. The minimum absolute atomic E-state index is 0.0563. The van der Waals surface area contributed by atoms with E-state index in [1.165, 1.54) is 26.4 Å². The maximum atomic E-state index is 12.9. The van der Waals surface area contributed by atoms with E-state index in [0.29, 0.717) is 11.5 Å². The van der Waals surface area contributed by atoms with Crippen LogP contribution in [0.15, 0.2) is 78.9 Å². The molecule has 0 radical (unpaired) electrons. The molecule has 0 heterocycles. The second-order valence-electron chi connectivity index (χ2n) is 7.49. The molecule has 3 aromatic rings. The van der Waals surface area contributed by atoms with E-state index in [9.17, 15) is 14.4 Å². The predicted molar refractivity (Wildman–Crippen MR) is 129 cm³/mol. The predicted octanol–water partition coefficient (Wildman–Crippen LogP) is 3.00. The normalized spacial score (nSPS) is 11.0. The molecular formula is C26H27N3O6. The maximum absolute atomic E-state index is 12.9. The van der Waals surface area contributed by atoms with Gasteiger partial charge in [-0.05, 0) is 23.3 Å². The molecule has 3 aromatic carbocycles. The van der Waals surface area contributed by atoms with Gasteiger partial charge in [-0.3, -0.25) is 20.4 Å². The summed E-state index contributed by atoms with van der Waals surface area (Å²) < 4.78 is 15.6. The molecule has 0 fully saturated rings. The molecule has 0 spiro atoms. The van der Waals surface area contributed by atoms with Crippen LogP contribution in [-0.4, -0.2) is 38.2 Å². The van der Waals surface area contributed by atoms with E-state index in [1.807, 2.05) is 60.7 Å². The Labute approximate surface area is 203 Å². The Morgan fingerprint density at radius 3 is 1.91 bits per heavy atom. The standard InChI is InChI=1S/C26H27N3O6/c1-33-21-14-20(15-22(16-21)34-2)24(30)28-29-25(31)23(13-18-9-5-3-6-10-18)27-26(32)35-17-19-11-7-4-8-12-19/h3-12,14-16,23H,13,17H2,1-2H3,(H,27,32)(H,28,30)(H,29,31)/t23-/m0/s1. The number of rotatable bonds is 9. The summed E-state index contributed by atoms with van der Waals surface area (Å²) in [6.45, 7) is 0.0563. The molecule has 0 bridgehead atoms. The summed E-state index contributed by atoms with van der Waals surface area (Å²) >= 11 is 0. The number of nitrogens with one attached hydrogen (secondary N) is 3. The number of alkyl carbamates (subject to hydrolysis) is 1. The zero-order valence-corrected chi connectivity index (χ0v) is 19.4. The summed E-state index contributed by atoms with van der Waals surface area (Å²) in [5.74, 6) is -0.356. The van der Waals surface area contributed by atoms with Crippen molar-refractivity contribution in [2.45, 2.75) is 19.1 Å². The molecule has 182 valence electrons. The molecular weight excluding hydrogens is 450 g/mol. The fraction of sp³-hybridized carbons (Fsp3) is 0.192. The summed E-state index contributed by atoms with van der Waals surface area (Å²) in [4.78, 5) is 37.9. The van der Waals surface area contributed by atoms with E-state index in [1.54, 1.807) is 6.07 Å². The molecule has 0 unspecified atom stereocenters. The summed E-state index contributed by atoms with van der Waals surface area (Å²) in [6, 6.07) is 22.0. The molecule has 9 nitrogen and oxygen atoms in total. The van der Waals surface area contributed by atoms with Gasteiger partial charge in [-0.2, -0.15) is 0 Å². The molecule has 0 aliphatic carbocycles. The van der Waals surface area contributed by atoms with Gasteiger partial charge in [0.1, 0.15) is 24.1 Å². The highest BCUT2D eigenvalue weighted by Gasteiger charge is 2.23. The van der Waals surface area contributed by atoms with Crippen molar-refractivity contribution in [3.63, 3.8) is 0 Å². The van der Waals surface area contributed by atoms with Crippen molar-refractivity contribution in [2.24, 2.45) is 0 Å². The second-order valence-corrected chi connectivity index (χ2v) is 7.49. The smallest absolute Gasteiger partial charge is 0.408 e. The summed E-state index contributed by atoms with van der Waals surface area (Å²) in [6.07, 6.45) is -0.565. The van der Waals surface area contributed by atoms with Gasteiger partial charge < -0.3 is 19.5 Å². The number of carbonyl (C=O) groups excluding carboxylic acids is 3. The van der Waals surface area contributed by atoms with Crippen molar-refractivity contribution in [3.8, 4) is 11.5 Å². The zero-order chi connectivity index (χ0) is 25.0. The highest BCUT2D eigenvalue weighted by atomic mass is 16.5. The average molecular weight is 478 g/mol. The Morgan fingerprint density at radius 1 is 0.771 bits per heavy atom. The number of methoxy groups -OCH3 is 2. The lowest BCUT2D eigenvalue weighted by Gasteiger charge is -2.19. The third kappa shape index (κ3) is 7.78. The first kappa shape index (κ1) is 25.1. The van der Waals surface area contributed by atoms with Gasteiger partial charge in [0.25, 0.3) is 11.8 Å². The molecule has 9 heteroatoms. The minimum atomic E-state index is -0.999. The van der Waals surface area contributed by atoms with Crippen LogP contribution in [0.2, 0.25) is 0 Å². The van der Waals surface area contributed by atoms with E-state index >= 15 is 0 Å². The number of carbonyl (C=O) groups is 3. The Hall–Kier alpha value is -4.53. The maximum Gasteiger partial charge on any atom is 0.408 e. The number of ether oxygens (including phenoxy) is 3. The molecule has 3 N–H and O–H groups in total. The molecule has 1 atom stereocenters. The Bertz CT molecular complexity index is 1120. The summed E-state index contributed by atoms with van der Waals surface area (Å²) in [7, 11) is 2.93. The van der Waals surface area contributed by atoms with Gasteiger partial charge in [0, 0.05) is 18.1 Å². The lowest BCUT2D eigenvalue weighted by molar-refractivity contribution is -0.123. The summed E-state index contributed by atoms with van der Waals surface area (Å²) in [5, 5.41) is 2.57. The van der Waals surface area contributed by atoms with Crippen molar-refractivity contribution in [1.82, 2.24) is 16.2 Å². The molecule has 3 rings (SSSR count). The third-order valence-corrected chi connectivity index (χ3v) is 5.02. The first-order chi connectivity index (χ1) is 17.0. The quantitative estimate of drug-likeness (QED) is 0.408. The largest absolute Gasteiger partial charge is 0.497 e. The van der Waals surface area contributed by atoms with Crippen molar-refractivity contribution >= 4 is 17.9 Å². The number of hydrogen-bond donors (Lipinski definition) is 3. The van der Waals surface area contributed by atoms with Crippen LogP contribution in [0.4, 0.5) is 4.79 Å². The summed E-state index contributed by atoms with van der Waals surface area (Å²) in [5.41, 5.74) is 6.57. The van der Waals surface area contributed by atoms with Crippen molar-refractivity contribution in [2.75, 3.05) is 14.2 Å². The molecule has 3 amide bonds. The van der Waals surface area contributed by atoms with Gasteiger partial charge in [-0.15, -0.1) is 0 Å². The lowest BCUT2D eigenvalue weighted by atomic mass is 10.1. The first-order valence-electron chi connectivity index (χ1n) is 10.8.